The Kier molecular flexibility index (Phi) is 5.31. The standard InChI is InChI=1S/C15H15NO4S2/c1-9(14(18)20-2)16-13(17)12(22-15(16)19)8-10-4-6-11(21-3)7-5-10/h4-9H,1-3H3/b12-8+/t9-/m1/s1. The molecule has 2 rings (SSSR count). The van der Waals surface area contributed by atoms with E-state index in [1.165, 1.54) is 14.0 Å². The van der Waals surface area contributed by atoms with E-state index in [1.54, 1.807) is 17.8 Å². The van der Waals surface area contributed by atoms with Gasteiger partial charge in [-0.15, -0.1) is 11.8 Å². The molecule has 0 saturated carbocycles. The molecule has 22 heavy (non-hydrogen) atoms. The van der Waals surface area contributed by atoms with Gasteiger partial charge in [-0.05, 0) is 48.7 Å². The Labute approximate surface area is 137 Å². The van der Waals surface area contributed by atoms with Crippen LogP contribution in [0.3, 0.4) is 0 Å². The van der Waals surface area contributed by atoms with Crippen LogP contribution in [-0.4, -0.2) is 41.4 Å². The molecule has 1 aromatic rings. The molecular weight excluding hydrogens is 322 g/mol. The Morgan fingerprint density at radius 1 is 1.32 bits per heavy atom. The van der Waals surface area contributed by atoms with Gasteiger partial charge in [0.15, 0.2) is 0 Å². The second-order valence-electron chi connectivity index (χ2n) is 4.52. The fourth-order valence-corrected chi connectivity index (χ4v) is 3.26. The van der Waals surface area contributed by atoms with Gasteiger partial charge in [-0.25, -0.2) is 4.79 Å². The first kappa shape index (κ1) is 16.6. The van der Waals surface area contributed by atoms with Crippen LogP contribution in [0, 0.1) is 0 Å². The topological polar surface area (TPSA) is 63.7 Å². The van der Waals surface area contributed by atoms with Crippen molar-refractivity contribution in [3.63, 3.8) is 0 Å². The second kappa shape index (κ2) is 7.02. The van der Waals surface area contributed by atoms with Crippen molar-refractivity contribution < 1.29 is 19.1 Å². The van der Waals surface area contributed by atoms with Gasteiger partial charge < -0.3 is 4.74 Å². The molecule has 0 N–H and O–H groups in total. The summed E-state index contributed by atoms with van der Waals surface area (Å²) in [5.41, 5.74) is 0.828. The number of hydrogen-bond acceptors (Lipinski definition) is 6. The van der Waals surface area contributed by atoms with E-state index in [2.05, 4.69) is 4.74 Å². The Balaban J connectivity index is 2.23. The summed E-state index contributed by atoms with van der Waals surface area (Å²) in [5.74, 6) is -1.09. The van der Waals surface area contributed by atoms with Crippen molar-refractivity contribution in [1.29, 1.82) is 0 Å². The smallest absolute Gasteiger partial charge is 0.328 e. The summed E-state index contributed by atoms with van der Waals surface area (Å²) in [6.45, 7) is 1.47. The van der Waals surface area contributed by atoms with E-state index in [0.717, 1.165) is 27.1 Å². The maximum Gasteiger partial charge on any atom is 0.328 e. The summed E-state index contributed by atoms with van der Waals surface area (Å²) in [4.78, 5) is 38.1. The molecule has 116 valence electrons. The molecule has 1 aliphatic rings. The van der Waals surface area contributed by atoms with Gasteiger partial charge in [0.1, 0.15) is 6.04 Å². The van der Waals surface area contributed by atoms with Crippen LogP contribution in [0.2, 0.25) is 0 Å². The van der Waals surface area contributed by atoms with E-state index in [-0.39, 0.29) is 0 Å². The van der Waals surface area contributed by atoms with Gasteiger partial charge in [0.25, 0.3) is 11.1 Å². The van der Waals surface area contributed by atoms with Crippen molar-refractivity contribution in [1.82, 2.24) is 4.90 Å². The number of hydrogen-bond donors (Lipinski definition) is 0. The summed E-state index contributed by atoms with van der Waals surface area (Å²) in [6.07, 6.45) is 3.63. The van der Waals surface area contributed by atoms with Crippen LogP contribution in [0.25, 0.3) is 6.08 Å². The highest BCUT2D eigenvalue weighted by Crippen LogP contribution is 2.34. The summed E-state index contributed by atoms with van der Waals surface area (Å²) in [7, 11) is 1.22. The number of carbonyl (C=O) groups excluding carboxylic acids is 3. The Morgan fingerprint density at radius 2 is 1.95 bits per heavy atom. The largest absolute Gasteiger partial charge is 0.467 e. The van der Waals surface area contributed by atoms with Crippen LogP contribution in [0.1, 0.15) is 12.5 Å². The summed E-state index contributed by atoms with van der Waals surface area (Å²) in [6, 6.07) is 6.71. The molecule has 1 saturated heterocycles. The Bertz CT molecular complexity index is 639. The minimum Gasteiger partial charge on any atom is -0.467 e. The zero-order valence-electron chi connectivity index (χ0n) is 12.4. The fourth-order valence-electron chi connectivity index (χ4n) is 1.94. The first-order valence-corrected chi connectivity index (χ1v) is 8.51. The minimum absolute atomic E-state index is 0.303. The summed E-state index contributed by atoms with van der Waals surface area (Å²) < 4.78 is 4.58. The molecule has 0 spiro atoms. The minimum atomic E-state index is -0.928. The highest BCUT2D eigenvalue weighted by Gasteiger charge is 2.41. The van der Waals surface area contributed by atoms with Crippen LogP contribution in [0.5, 0.6) is 0 Å². The van der Waals surface area contributed by atoms with E-state index < -0.39 is 23.2 Å². The third-order valence-corrected chi connectivity index (χ3v) is 4.79. The average Bonchev–Trinajstić information content (AvgIpc) is 2.80. The lowest BCUT2D eigenvalue weighted by Gasteiger charge is -2.18. The van der Waals surface area contributed by atoms with Crippen LogP contribution in [-0.2, 0) is 14.3 Å². The highest BCUT2D eigenvalue weighted by atomic mass is 32.2. The highest BCUT2D eigenvalue weighted by molar-refractivity contribution is 8.18. The lowest BCUT2D eigenvalue weighted by molar-refractivity contribution is -0.148. The number of carbonyl (C=O) groups is 3. The molecular formula is C15H15NO4S2. The van der Waals surface area contributed by atoms with Crippen molar-refractivity contribution in [2.45, 2.75) is 17.9 Å². The van der Waals surface area contributed by atoms with Gasteiger partial charge in [-0.1, -0.05) is 12.1 Å². The van der Waals surface area contributed by atoms with Gasteiger partial charge >= 0.3 is 5.97 Å². The van der Waals surface area contributed by atoms with E-state index in [9.17, 15) is 14.4 Å². The zero-order chi connectivity index (χ0) is 16.3. The van der Waals surface area contributed by atoms with Crippen molar-refractivity contribution in [2.75, 3.05) is 13.4 Å². The van der Waals surface area contributed by atoms with Crippen LogP contribution in [0.15, 0.2) is 34.1 Å². The normalized spacial score (nSPS) is 18.0. The number of methoxy groups -OCH3 is 1. The monoisotopic (exact) mass is 337 g/mol. The quantitative estimate of drug-likeness (QED) is 0.478. The van der Waals surface area contributed by atoms with E-state index in [4.69, 9.17) is 0 Å². The number of thioether (sulfide) groups is 2. The molecule has 0 aromatic heterocycles. The molecule has 0 aliphatic carbocycles. The molecule has 0 bridgehead atoms. The number of ether oxygens (including phenoxy) is 1. The van der Waals surface area contributed by atoms with E-state index in [1.807, 2.05) is 30.5 Å². The molecule has 1 atom stereocenters. The van der Waals surface area contributed by atoms with E-state index in [0.29, 0.717) is 4.91 Å². The number of benzene rings is 1. The predicted molar refractivity (Wildman–Crippen MR) is 87.5 cm³/mol. The molecule has 2 amide bonds. The number of esters is 1. The Morgan fingerprint density at radius 3 is 2.50 bits per heavy atom. The summed E-state index contributed by atoms with van der Waals surface area (Å²) >= 11 is 2.45. The molecule has 1 aromatic carbocycles. The van der Waals surface area contributed by atoms with Gasteiger partial charge in [0.2, 0.25) is 0 Å². The third-order valence-electron chi connectivity index (χ3n) is 3.17. The molecule has 0 radical (unpaired) electrons. The molecule has 1 aliphatic heterocycles. The molecule has 7 heteroatoms. The first-order chi connectivity index (χ1) is 10.5. The fraction of sp³-hybridized carbons (Fsp3) is 0.267. The number of nitrogens with zero attached hydrogens (tertiary/aromatic N) is 1. The molecule has 1 heterocycles. The van der Waals surface area contributed by atoms with Crippen molar-refractivity contribution in [2.24, 2.45) is 0 Å². The number of imide groups is 1. The molecule has 1 fully saturated rings. The Hall–Kier alpha value is -1.73. The first-order valence-electron chi connectivity index (χ1n) is 6.47. The lowest BCUT2D eigenvalue weighted by Crippen LogP contribution is -2.42. The van der Waals surface area contributed by atoms with Crippen molar-refractivity contribution >= 4 is 46.7 Å². The van der Waals surface area contributed by atoms with Crippen molar-refractivity contribution in [3.05, 3.63) is 34.7 Å². The maximum atomic E-state index is 12.3. The zero-order valence-corrected chi connectivity index (χ0v) is 14.0. The van der Waals surface area contributed by atoms with Crippen LogP contribution in [0.4, 0.5) is 4.79 Å². The maximum absolute atomic E-state index is 12.3. The van der Waals surface area contributed by atoms with Gasteiger partial charge in [0.05, 0.1) is 12.0 Å². The third kappa shape index (κ3) is 3.36. The van der Waals surface area contributed by atoms with Gasteiger partial charge in [-0.2, -0.15) is 0 Å². The van der Waals surface area contributed by atoms with Crippen LogP contribution >= 0.6 is 23.5 Å². The lowest BCUT2D eigenvalue weighted by atomic mass is 10.2. The summed E-state index contributed by atoms with van der Waals surface area (Å²) in [5, 5.41) is -0.463. The molecule has 5 nitrogen and oxygen atoms in total. The van der Waals surface area contributed by atoms with Gasteiger partial charge in [-0.3, -0.25) is 14.5 Å². The second-order valence-corrected chi connectivity index (χ2v) is 6.40. The number of amides is 2. The average molecular weight is 337 g/mol. The predicted octanol–water partition coefficient (Wildman–Crippen LogP) is 3.01. The molecule has 0 unspecified atom stereocenters. The van der Waals surface area contributed by atoms with Crippen LogP contribution < -0.4 is 0 Å². The van der Waals surface area contributed by atoms with Gasteiger partial charge in [0, 0.05) is 4.90 Å². The number of rotatable bonds is 4. The SMILES string of the molecule is COC(=O)[C@@H](C)N1C(=O)S/C(=C/c2ccc(SC)cc2)C1=O. The van der Waals surface area contributed by atoms with E-state index >= 15 is 0 Å². The van der Waals surface area contributed by atoms with Crippen molar-refractivity contribution in [3.8, 4) is 0 Å².